The molecule has 0 bridgehead atoms. The van der Waals surface area contributed by atoms with E-state index in [2.05, 4.69) is 26.3 Å². The minimum absolute atomic E-state index is 0.128. The van der Waals surface area contributed by atoms with Crippen molar-refractivity contribution in [2.45, 2.75) is 38.8 Å². The van der Waals surface area contributed by atoms with Crippen molar-refractivity contribution in [3.63, 3.8) is 0 Å². The van der Waals surface area contributed by atoms with Crippen molar-refractivity contribution in [2.75, 3.05) is 36.5 Å². The van der Waals surface area contributed by atoms with E-state index in [9.17, 15) is 10.1 Å². The number of anilines is 3. The third kappa shape index (κ3) is 4.65. The third-order valence-corrected chi connectivity index (χ3v) is 5.81. The van der Waals surface area contributed by atoms with Gasteiger partial charge in [-0.2, -0.15) is 5.26 Å². The molecule has 0 saturated carbocycles. The topological polar surface area (TPSA) is 104 Å². The monoisotopic (exact) mass is 456 g/mol. The smallest absolute Gasteiger partial charge is 0.410 e. The van der Waals surface area contributed by atoms with Gasteiger partial charge in [-0.05, 0) is 44.9 Å². The van der Waals surface area contributed by atoms with Crippen molar-refractivity contribution in [2.24, 2.45) is 0 Å². The molecular formula is C22H25ClN6O3. The summed E-state index contributed by atoms with van der Waals surface area (Å²) in [4.78, 5) is 25.0. The molecule has 1 saturated heterocycles. The highest BCUT2D eigenvalue weighted by Crippen LogP contribution is 2.39. The molecule has 1 amide bonds. The van der Waals surface area contributed by atoms with Gasteiger partial charge >= 0.3 is 6.09 Å². The highest BCUT2D eigenvalue weighted by Gasteiger charge is 2.33. The summed E-state index contributed by atoms with van der Waals surface area (Å²) in [5.74, 6) is 1.76. The van der Waals surface area contributed by atoms with Crippen molar-refractivity contribution in [1.29, 1.82) is 5.26 Å². The van der Waals surface area contributed by atoms with Crippen LogP contribution in [0.2, 0.25) is 5.02 Å². The number of piperidine rings is 1. The number of nitriles is 1. The van der Waals surface area contributed by atoms with Crippen LogP contribution in [0, 0.1) is 11.3 Å². The molecule has 168 valence electrons. The van der Waals surface area contributed by atoms with E-state index in [0.29, 0.717) is 59.9 Å². The van der Waals surface area contributed by atoms with Crippen LogP contribution in [0.4, 0.5) is 22.1 Å². The van der Waals surface area contributed by atoms with Gasteiger partial charge in [0.15, 0.2) is 11.6 Å². The SMILES string of the molecule is CC(C)OC(=O)N1CCC(N2CCOc3c(Nc4cc(C#N)ccc4Cl)ncnc32)CC1. The minimum Gasteiger partial charge on any atom is -0.485 e. The molecule has 1 fully saturated rings. The number of hydrogen-bond donors (Lipinski definition) is 1. The number of nitrogens with one attached hydrogen (secondary N) is 1. The van der Waals surface area contributed by atoms with Gasteiger partial charge in [0.2, 0.25) is 5.75 Å². The van der Waals surface area contributed by atoms with Crippen molar-refractivity contribution in [3.8, 4) is 11.8 Å². The van der Waals surface area contributed by atoms with Crippen LogP contribution in [0.3, 0.4) is 0 Å². The lowest BCUT2D eigenvalue weighted by molar-refractivity contribution is 0.0687. The summed E-state index contributed by atoms with van der Waals surface area (Å²) in [7, 11) is 0. The van der Waals surface area contributed by atoms with E-state index in [0.717, 1.165) is 12.8 Å². The van der Waals surface area contributed by atoms with Crippen LogP contribution in [0.1, 0.15) is 32.3 Å². The number of amides is 1. The number of benzene rings is 1. The van der Waals surface area contributed by atoms with E-state index in [1.165, 1.54) is 6.33 Å². The van der Waals surface area contributed by atoms with Gasteiger partial charge in [-0.3, -0.25) is 0 Å². The number of halogens is 1. The van der Waals surface area contributed by atoms with Gasteiger partial charge in [-0.25, -0.2) is 14.8 Å². The molecule has 0 aliphatic carbocycles. The number of carbonyl (C=O) groups excluding carboxylic acids is 1. The molecule has 2 aliphatic heterocycles. The van der Waals surface area contributed by atoms with Gasteiger partial charge in [0, 0.05) is 19.1 Å². The molecule has 1 aromatic carbocycles. The zero-order chi connectivity index (χ0) is 22.7. The van der Waals surface area contributed by atoms with Gasteiger partial charge in [0.05, 0.1) is 35.0 Å². The average molecular weight is 457 g/mol. The van der Waals surface area contributed by atoms with Crippen molar-refractivity contribution >= 4 is 35.0 Å². The Kier molecular flexibility index (Phi) is 6.51. The molecular weight excluding hydrogens is 432 g/mol. The summed E-state index contributed by atoms with van der Waals surface area (Å²) in [5.41, 5.74) is 1.06. The Morgan fingerprint density at radius 3 is 2.81 bits per heavy atom. The van der Waals surface area contributed by atoms with Crippen LogP contribution in [0.15, 0.2) is 24.5 Å². The second-order valence-electron chi connectivity index (χ2n) is 8.00. The Morgan fingerprint density at radius 2 is 2.09 bits per heavy atom. The quantitative estimate of drug-likeness (QED) is 0.737. The zero-order valence-electron chi connectivity index (χ0n) is 18.0. The van der Waals surface area contributed by atoms with Gasteiger partial charge in [-0.1, -0.05) is 11.6 Å². The Labute approximate surface area is 191 Å². The number of aromatic nitrogens is 2. The zero-order valence-corrected chi connectivity index (χ0v) is 18.8. The van der Waals surface area contributed by atoms with Crippen LogP contribution < -0.4 is 15.0 Å². The number of rotatable bonds is 4. The fraction of sp³-hybridized carbons (Fsp3) is 0.455. The molecule has 1 N–H and O–H groups in total. The molecule has 0 radical (unpaired) electrons. The molecule has 3 heterocycles. The molecule has 4 rings (SSSR count). The number of likely N-dealkylation sites (tertiary alicyclic amines) is 1. The van der Waals surface area contributed by atoms with Gasteiger partial charge in [-0.15, -0.1) is 0 Å². The molecule has 10 heteroatoms. The first-order valence-electron chi connectivity index (χ1n) is 10.6. The summed E-state index contributed by atoms with van der Waals surface area (Å²) in [6.07, 6.45) is 2.73. The molecule has 1 aromatic heterocycles. The standard InChI is InChI=1S/C22H25ClN6O3/c1-14(2)32-22(30)28-7-5-16(6-8-28)29-9-10-31-19-20(25-13-26-21(19)29)27-18-11-15(12-24)3-4-17(18)23/h3-4,11,13-14,16H,5-10H2,1-2H3,(H,25,26,27). The molecule has 2 aliphatic rings. The van der Waals surface area contributed by atoms with E-state index < -0.39 is 0 Å². The van der Waals surface area contributed by atoms with E-state index in [-0.39, 0.29) is 18.2 Å². The number of fused-ring (bicyclic) bond motifs is 1. The summed E-state index contributed by atoms with van der Waals surface area (Å²) in [6.45, 7) is 6.17. The van der Waals surface area contributed by atoms with Crippen molar-refractivity contribution in [1.82, 2.24) is 14.9 Å². The number of hydrogen-bond acceptors (Lipinski definition) is 8. The van der Waals surface area contributed by atoms with Crippen LogP contribution in [-0.2, 0) is 4.74 Å². The lowest BCUT2D eigenvalue weighted by Crippen LogP contribution is -2.49. The molecule has 0 spiro atoms. The average Bonchev–Trinajstić information content (AvgIpc) is 2.80. The van der Waals surface area contributed by atoms with Gasteiger partial charge in [0.25, 0.3) is 0 Å². The second kappa shape index (κ2) is 9.49. The fourth-order valence-electron chi connectivity index (χ4n) is 3.95. The maximum Gasteiger partial charge on any atom is 0.410 e. The summed E-state index contributed by atoms with van der Waals surface area (Å²) in [5, 5.41) is 12.8. The molecule has 0 unspecified atom stereocenters. The first-order chi connectivity index (χ1) is 15.5. The molecule has 0 atom stereocenters. The van der Waals surface area contributed by atoms with E-state index >= 15 is 0 Å². The summed E-state index contributed by atoms with van der Waals surface area (Å²) < 4.78 is 11.2. The highest BCUT2D eigenvalue weighted by molar-refractivity contribution is 6.33. The van der Waals surface area contributed by atoms with E-state index in [1.807, 2.05) is 13.8 Å². The van der Waals surface area contributed by atoms with E-state index in [1.54, 1.807) is 23.1 Å². The fourth-order valence-corrected chi connectivity index (χ4v) is 4.12. The Bertz CT molecular complexity index is 1030. The number of ether oxygens (including phenoxy) is 2. The Hall–Kier alpha value is -3.25. The summed E-state index contributed by atoms with van der Waals surface area (Å²) in [6, 6.07) is 7.33. The third-order valence-electron chi connectivity index (χ3n) is 5.48. The summed E-state index contributed by atoms with van der Waals surface area (Å²) >= 11 is 6.30. The lowest BCUT2D eigenvalue weighted by atomic mass is 10.0. The van der Waals surface area contributed by atoms with Crippen LogP contribution in [0.25, 0.3) is 0 Å². The lowest BCUT2D eigenvalue weighted by Gasteiger charge is -2.41. The molecule has 32 heavy (non-hydrogen) atoms. The highest BCUT2D eigenvalue weighted by atomic mass is 35.5. The molecule has 2 aromatic rings. The molecule has 9 nitrogen and oxygen atoms in total. The van der Waals surface area contributed by atoms with Crippen LogP contribution in [-0.4, -0.2) is 59.3 Å². The predicted molar refractivity (Wildman–Crippen MR) is 121 cm³/mol. The van der Waals surface area contributed by atoms with Crippen LogP contribution >= 0.6 is 11.6 Å². The maximum atomic E-state index is 12.2. The number of carbonyl (C=O) groups is 1. The normalized spacial score (nSPS) is 16.2. The van der Waals surface area contributed by atoms with Gasteiger partial charge in [0.1, 0.15) is 12.9 Å². The predicted octanol–water partition coefficient (Wildman–Crippen LogP) is 3.95. The number of nitrogens with zero attached hydrogens (tertiary/aromatic N) is 5. The minimum atomic E-state index is -0.258. The maximum absolute atomic E-state index is 12.2. The first-order valence-corrected chi connectivity index (χ1v) is 11.0. The van der Waals surface area contributed by atoms with Crippen molar-refractivity contribution < 1.29 is 14.3 Å². The largest absolute Gasteiger partial charge is 0.485 e. The Morgan fingerprint density at radius 1 is 1.31 bits per heavy atom. The Balaban J connectivity index is 1.51. The van der Waals surface area contributed by atoms with Crippen molar-refractivity contribution in [3.05, 3.63) is 35.1 Å². The first kappa shape index (κ1) is 22.0. The van der Waals surface area contributed by atoms with Gasteiger partial charge < -0.3 is 24.6 Å². The van der Waals surface area contributed by atoms with Crippen LogP contribution in [0.5, 0.6) is 5.75 Å². The van der Waals surface area contributed by atoms with E-state index in [4.69, 9.17) is 21.1 Å². The second-order valence-corrected chi connectivity index (χ2v) is 8.41.